The molecule has 0 fully saturated rings. The summed E-state index contributed by atoms with van der Waals surface area (Å²) in [5.41, 5.74) is 8.40. The van der Waals surface area contributed by atoms with E-state index >= 15 is 0 Å². The van der Waals surface area contributed by atoms with Gasteiger partial charge in [-0.2, -0.15) is 0 Å². The Morgan fingerprint density at radius 2 is 1.94 bits per heavy atom. The quantitative estimate of drug-likeness (QED) is 0.732. The van der Waals surface area contributed by atoms with Crippen LogP contribution in [0.3, 0.4) is 0 Å². The first-order valence-electron chi connectivity index (χ1n) is 6.30. The molecule has 2 N–H and O–H groups in total. The lowest BCUT2D eigenvalue weighted by molar-refractivity contribution is 0.237. The maximum atomic E-state index is 5.65. The fraction of sp³-hybridized carbons (Fsp3) is 0.467. The highest BCUT2D eigenvalue weighted by molar-refractivity contribution is 5.27. The number of hydrogen-bond acceptors (Lipinski definition) is 2. The van der Waals surface area contributed by atoms with Crippen LogP contribution in [0.2, 0.25) is 0 Å². The summed E-state index contributed by atoms with van der Waals surface area (Å²) in [5.74, 6) is 0. The summed E-state index contributed by atoms with van der Waals surface area (Å²) in [7, 11) is 0. The molecule has 94 valence electrons. The zero-order chi connectivity index (χ0) is 12.7. The smallest absolute Gasteiger partial charge is 0.0242 e. The van der Waals surface area contributed by atoms with Crippen molar-refractivity contribution in [1.29, 1.82) is 0 Å². The van der Waals surface area contributed by atoms with E-state index in [0.717, 1.165) is 19.5 Å². The summed E-state index contributed by atoms with van der Waals surface area (Å²) >= 11 is 0. The number of nitrogens with zero attached hydrogens (tertiary/aromatic N) is 1. The summed E-state index contributed by atoms with van der Waals surface area (Å²) in [4.78, 5) is 2.41. The van der Waals surface area contributed by atoms with Gasteiger partial charge in [0.2, 0.25) is 0 Å². The second-order valence-corrected chi connectivity index (χ2v) is 4.62. The van der Waals surface area contributed by atoms with Gasteiger partial charge in [0, 0.05) is 19.1 Å². The van der Waals surface area contributed by atoms with Gasteiger partial charge in [-0.3, -0.25) is 4.90 Å². The molecule has 17 heavy (non-hydrogen) atoms. The number of hydrogen-bond donors (Lipinski definition) is 1. The van der Waals surface area contributed by atoms with Crippen LogP contribution in [0.25, 0.3) is 0 Å². The molecule has 0 aromatic heterocycles. The second kappa shape index (κ2) is 7.25. The Bertz CT molecular complexity index is 345. The van der Waals surface area contributed by atoms with Crippen LogP contribution in [0.1, 0.15) is 25.0 Å². The maximum absolute atomic E-state index is 5.65. The SMILES string of the molecule is C=CCN(Cc1ccccc1CCN)C(C)C. The topological polar surface area (TPSA) is 29.3 Å². The van der Waals surface area contributed by atoms with Gasteiger partial charge in [0.25, 0.3) is 0 Å². The fourth-order valence-corrected chi connectivity index (χ4v) is 1.95. The molecule has 0 aliphatic carbocycles. The first kappa shape index (κ1) is 13.9. The van der Waals surface area contributed by atoms with Crippen molar-refractivity contribution in [3.8, 4) is 0 Å². The van der Waals surface area contributed by atoms with Gasteiger partial charge in [-0.15, -0.1) is 6.58 Å². The van der Waals surface area contributed by atoms with Crippen LogP contribution in [0.15, 0.2) is 36.9 Å². The van der Waals surface area contributed by atoms with E-state index < -0.39 is 0 Å². The Labute approximate surface area is 105 Å². The van der Waals surface area contributed by atoms with E-state index in [1.54, 1.807) is 0 Å². The molecule has 0 radical (unpaired) electrons. The largest absolute Gasteiger partial charge is 0.330 e. The maximum Gasteiger partial charge on any atom is 0.0242 e. The predicted molar refractivity (Wildman–Crippen MR) is 74.9 cm³/mol. The fourth-order valence-electron chi connectivity index (χ4n) is 1.95. The highest BCUT2D eigenvalue weighted by atomic mass is 15.1. The molecular weight excluding hydrogens is 208 g/mol. The molecule has 0 saturated heterocycles. The van der Waals surface area contributed by atoms with Gasteiger partial charge >= 0.3 is 0 Å². The van der Waals surface area contributed by atoms with Crippen molar-refractivity contribution in [2.45, 2.75) is 32.9 Å². The Hall–Kier alpha value is -1.12. The summed E-state index contributed by atoms with van der Waals surface area (Å²) in [6.07, 6.45) is 2.92. The van der Waals surface area contributed by atoms with Crippen molar-refractivity contribution in [1.82, 2.24) is 4.90 Å². The third kappa shape index (κ3) is 4.33. The molecule has 2 nitrogen and oxygen atoms in total. The van der Waals surface area contributed by atoms with E-state index in [1.165, 1.54) is 11.1 Å². The van der Waals surface area contributed by atoms with Crippen LogP contribution in [0.4, 0.5) is 0 Å². The molecule has 0 saturated carbocycles. The van der Waals surface area contributed by atoms with E-state index in [1.807, 2.05) is 6.08 Å². The van der Waals surface area contributed by atoms with Crippen LogP contribution < -0.4 is 5.73 Å². The van der Waals surface area contributed by atoms with E-state index in [2.05, 4.69) is 49.6 Å². The molecule has 1 rings (SSSR count). The highest BCUT2D eigenvalue weighted by Crippen LogP contribution is 2.14. The molecule has 0 aliphatic rings. The van der Waals surface area contributed by atoms with Gasteiger partial charge in [-0.25, -0.2) is 0 Å². The molecule has 0 atom stereocenters. The van der Waals surface area contributed by atoms with E-state index in [0.29, 0.717) is 12.6 Å². The minimum atomic E-state index is 0.527. The first-order chi connectivity index (χ1) is 8.19. The van der Waals surface area contributed by atoms with Crippen LogP contribution >= 0.6 is 0 Å². The number of nitrogens with two attached hydrogens (primary N) is 1. The van der Waals surface area contributed by atoms with Gasteiger partial charge in [0.15, 0.2) is 0 Å². The molecule has 2 heteroatoms. The average Bonchev–Trinajstić information content (AvgIpc) is 2.31. The molecule has 0 unspecified atom stereocenters. The highest BCUT2D eigenvalue weighted by Gasteiger charge is 2.10. The van der Waals surface area contributed by atoms with Crippen molar-refractivity contribution in [3.63, 3.8) is 0 Å². The van der Waals surface area contributed by atoms with Gasteiger partial charge in [0.05, 0.1) is 0 Å². The Kier molecular flexibility index (Phi) is 5.95. The predicted octanol–water partition coefficient (Wildman–Crippen LogP) is 2.58. The summed E-state index contributed by atoms with van der Waals surface area (Å²) in [5, 5.41) is 0. The van der Waals surface area contributed by atoms with Crippen molar-refractivity contribution in [2.24, 2.45) is 5.73 Å². The van der Waals surface area contributed by atoms with Crippen molar-refractivity contribution in [2.75, 3.05) is 13.1 Å². The Morgan fingerprint density at radius 1 is 1.29 bits per heavy atom. The third-order valence-electron chi connectivity index (χ3n) is 3.00. The van der Waals surface area contributed by atoms with Crippen LogP contribution in [-0.4, -0.2) is 24.0 Å². The molecule has 1 aromatic rings. The van der Waals surface area contributed by atoms with Crippen molar-refractivity contribution in [3.05, 3.63) is 48.0 Å². The van der Waals surface area contributed by atoms with E-state index in [9.17, 15) is 0 Å². The third-order valence-corrected chi connectivity index (χ3v) is 3.00. The average molecular weight is 232 g/mol. The second-order valence-electron chi connectivity index (χ2n) is 4.62. The molecule has 0 amide bonds. The van der Waals surface area contributed by atoms with E-state index in [4.69, 9.17) is 5.73 Å². The summed E-state index contributed by atoms with van der Waals surface area (Å²) in [6, 6.07) is 9.08. The van der Waals surface area contributed by atoms with Crippen molar-refractivity contribution < 1.29 is 0 Å². The summed E-state index contributed by atoms with van der Waals surface area (Å²) < 4.78 is 0. The first-order valence-corrected chi connectivity index (χ1v) is 6.30. The van der Waals surface area contributed by atoms with Gasteiger partial charge in [0.1, 0.15) is 0 Å². The molecule has 0 bridgehead atoms. The minimum absolute atomic E-state index is 0.527. The zero-order valence-corrected chi connectivity index (χ0v) is 11.0. The lowest BCUT2D eigenvalue weighted by atomic mass is 10.0. The monoisotopic (exact) mass is 232 g/mol. The van der Waals surface area contributed by atoms with Gasteiger partial charge < -0.3 is 5.73 Å². The minimum Gasteiger partial charge on any atom is -0.330 e. The van der Waals surface area contributed by atoms with E-state index in [-0.39, 0.29) is 0 Å². The lowest BCUT2D eigenvalue weighted by Gasteiger charge is -2.26. The summed E-state index contributed by atoms with van der Waals surface area (Å²) in [6.45, 7) is 10.9. The lowest BCUT2D eigenvalue weighted by Crippen LogP contribution is -2.30. The number of benzene rings is 1. The van der Waals surface area contributed by atoms with Gasteiger partial charge in [-0.05, 0) is 37.9 Å². The Balaban J connectivity index is 2.80. The van der Waals surface area contributed by atoms with Crippen molar-refractivity contribution >= 4 is 0 Å². The van der Waals surface area contributed by atoms with Crippen LogP contribution in [-0.2, 0) is 13.0 Å². The molecule has 0 spiro atoms. The molecular formula is C15H24N2. The molecule has 0 aliphatic heterocycles. The Morgan fingerprint density at radius 3 is 2.47 bits per heavy atom. The zero-order valence-electron chi connectivity index (χ0n) is 11.0. The van der Waals surface area contributed by atoms with Gasteiger partial charge in [-0.1, -0.05) is 30.3 Å². The normalized spacial score (nSPS) is 11.1. The molecule has 1 aromatic carbocycles. The standard InChI is InChI=1S/C15H24N2/c1-4-11-17(13(2)3)12-15-8-6-5-7-14(15)9-10-16/h4-8,13H,1,9-12,16H2,2-3H3. The van der Waals surface area contributed by atoms with Crippen LogP contribution in [0, 0.1) is 0 Å². The van der Waals surface area contributed by atoms with Crippen LogP contribution in [0.5, 0.6) is 0 Å². The molecule has 0 heterocycles. The number of rotatable bonds is 7.